The van der Waals surface area contributed by atoms with Gasteiger partial charge in [0.05, 0.1) is 0 Å². The van der Waals surface area contributed by atoms with Gasteiger partial charge in [-0.15, -0.1) is 0 Å². The average Bonchev–Trinajstić information content (AvgIpc) is 2.84. The Kier molecular flexibility index (Phi) is 5.67. The van der Waals surface area contributed by atoms with Gasteiger partial charge in [-0.25, -0.2) is 0 Å². The molecule has 0 saturated carbocycles. The van der Waals surface area contributed by atoms with Crippen LogP contribution in [0.3, 0.4) is 0 Å². The van der Waals surface area contributed by atoms with Crippen molar-refractivity contribution in [3.05, 3.63) is 36.0 Å². The molecular formula is C18H29N3. The largest absolute Gasteiger partial charge is 0.314 e. The summed E-state index contributed by atoms with van der Waals surface area (Å²) in [5.41, 5.74) is 1.59. The molecule has 1 unspecified atom stereocenters. The Morgan fingerprint density at radius 2 is 1.76 bits per heavy atom. The van der Waals surface area contributed by atoms with E-state index in [0.717, 1.165) is 19.5 Å². The van der Waals surface area contributed by atoms with Crippen molar-refractivity contribution in [3.8, 4) is 0 Å². The molecule has 116 valence electrons. The van der Waals surface area contributed by atoms with E-state index in [1.807, 2.05) is 0 Å². The van der Waals surface area contributed by atoms with Crippen molar-refractivity contribution >= 4 is 0 Å². The van der Waals surface area contributed by atoms with Crippen LogP contribution in [0.25, 0.3) is 0 Å². The molecule has 1 N–H and O–H groups in total. The van der Waals surface area contributed by atoms with Crippen molar-refractivity contribution in [3.63, 3.8) is 0 Å². The molecule has 0 aromatic carbocycles. The number of piperazine rings is 1. The molecule has 0 amide bonds. The van der Waals surface area contributed by atoms with Gasteiger partial charge in [-0.1, -0.05) is 36.8 Å². The Morgan fingerprint density at radius 3 is 2.57 bits per heavy atom. The maximum atomic E-state index is 3.49. The molecule has 0 aromatic rings. The van der Waals surface area contributed by atoms with Crippen molar-refractivity contribution in [2.75, 3.05) is 45.8 Å². The van der Waals surface area contributed by atoms with E-state index < -0.39 is 0 Å². The summed E-state index contributed by atoms with van der Waals surface area (Å²) in [5.74, 6) is 0. The molecular weight excluding hydrogens is 258 g/mol. The van der Waals surface area contributed by atoms with E-state index in [0.29, 0.717) is 6.04 Å². The molecule has 3 rings (SSSR count). The van der Waals surface area contributed by atoms with Gasteiger partial charge in [0.2, 0.25) is 0 Å². The van der Waals surface area contributed by atoms with E-state index in [2.05, 4.69) is 45.5 Å². The van der Waals surface area contributed by atoms with Crippen LogP contribution in [0.15, 0.2) is 36.0 Å². The van der Waals surface area contributed by atoms with E-state index in [1.165, 1.54) is 52.0 Å². The van der Waals surface area contributed by atoms with Gasteiger partial charge in [0.1, 0.15) is 0 Å². The van der Waals surface area contributed by atoms with Crippen LogP contribution in [0.2, 0.25) is 0 Å². The van der Waals surface area contributed by atoms with Crippen molar-refractivity contribution in [1.82, 2.24) is 15.1 Å². The zero-order valence-corrected chi connectivity index (χ0v) is 13.1. The lowest BCUT2D eigenvalue weighted by atomic mass is 9.99. The van der Waals surface area contributed by atoms with Crippen molar-refractivity contribution in [2.24, 2.45) is 0 Å². The van der Waals surface area contributed by atoms with Gasteiger partial charge < -0.3 is 10.2 Å². The smallest absolute Gasteiger partial charge is 0.0442 e. The van der Waals surface area contributed by atoms with E-state index in [-0.39, 0.29) is 0 Å². The van der Waals surface area contributed by atoms with E-state index in [9.17, 15) is 0 Å². The molecule has 3 aliphatic rings. The monoisotopic (exact) mass is 287 g/mol. The lowest BCUT2D eigenvalue weighted by molar-refractivity contribution is 0.130. The molecule has 3 nitrogen and oxygen atoms in total. The number of hydrogen-bond donors (Lipinski definition) is 1. The summed E-state index contributed by atoms with van der Waals surface area (Å²) >= 11 is 0. The molecule has 2 fully saturated rings. The number of likely N-dealkylation sites (tertiary alicyclic amines) is 1. The van der Waals surface area contributed by atoms with Crippen LogP contribution in [0.4, 0.5) is 0 Å². The Morgan fingerprint density at radius 1 is 0.952 bits per heavy atom. The fourth-order valence-corrected chi connectivity index (χ4v) is 3.69. The third-order valence-corrected chi connectivity index (χ3v) is 4.92. The fraction of sp³-hybridized carbons (Fsp3) is 0.667. The molecule has 21 heavy (non-hydrogen) atoms. The number of allylic oxidation sites excluding steroid dienone is 5. The van der Waals surface area contributed by atoms with Crippen molar-refractivity contribution in [1.29, 1.82) is 0 Å². The zero-order valence-electron chi connectivity index (χ0n) is 13.1. The second-order valence-electron chi connectivity index (χ2n) is 6.42. The molecule has 0 radical (unpaired) electrons. The fourth-order valence-electron chi connectivity index (χ4n) is 3.69. The van der Waals surface area contributed by atoms with Crippen LogP contribution < -0.4 is 5.32 Å². The lowest BCUT2D eigenvalue weighted by Gasteiger charge is -2.40. The highest BCUT2D eigenvalue weighted by atomic mass is 15.3. The molecule has 0 bridgehead atoms. The topological polar surface area (TPSA) is 18.5 Å². The molecule has 2 heterocycles. The maximum absolute atomic E-state index is 3.49. The number of nitrogens with zero attached hydrogens (tertiary/aromatic N) is 2. The summed E-state index contributed by atoms with van der Waals surface area (Å²) < 4.78 is 0. The first kappa shape index (κ1) is 15.0. The van der Waals surface area contributed by atoms with Gasteiger partial charge in [0.15, 0.2) is 0 Å². The Labute approximate surface area is 129 Å². The first-order valence-corrected chi connectivity index (χ1v) is 8.63. The first-order valence-electron chi connectivity index (χ1n) is 8.63. The van der Waals surface area contributed by atoms with Gasteiger partial charge in [0, 0.05) is 38.8 Å². The summed E-state index contributed by atoms with van der Waals surface area (Å²) in [4.78, 5) is 5.39. The van der Waals surface area contributed by atoms with Gasteiger partial charge in [0.25, 0.3) is 0 Å². The van der Waals surface area contributed by atoms with Crippen LogP contribution in [-0.2, 0) is 0 Å². The molecule has 1 aliphatic carbocycles. The summed E-state index contributed by atoms with van der Waals surface area (Å²) in [7, 11) is 0. The molecule has 1 atom stereocenters. The van der Waals surface area contributed by atoms with Crippen LogP contribution in [0, 0.1) is 0 Å². The Hall–Kier alpha value is -0.900. The number of piperidine rings is 1. The molecule has 3 heteroatoms. The number of rotatable bonds is 4. The lowest BCUT2D eigenvalue weighted by Crippen LogP contribution is -2.53. The SMILES string of the molecule is C1=CC=C(C(CN2CCCCC2)N2CCNCC2)CC=C1. The van der Waals surface area contributed by atoms with Gasteiger partial charge in [-0.05, 0) is 37.9 Å². The average molecular weight is 287 g/mol. The summed E-state index contributed by atoms with van der Waals surface area (Å²) in [5, 5.41) is 3.49. The summed E-state index contributed by atoms with van der Waals surface area (Å²) in [6.45, 7) is 8.44. The van der Waals surface area contributed by atoms with Crippen molar-refractivity contribution < 1.29 is 0 Å². The minimum atomic E-state index is 0.595. The number of nitrogens with one attached hydrogen (secondary N) is 1. The van der Waals surface area contributed by atoms with Gasteiger partial charge in [-0.2, -0.15) is 0 Å². The Bertz CT molecular complexity index is 399. The highest BCUT2D eigenvalue weighted by molar-refractivity contribution is 5.27. The second-order valence-corrected chi connectivity index (χ2v) is 6.42. The quantitative estimate of drug-likeness (QED) is 0.855. The highest BCUT2D eigenvalue weighted by Crippen LogP contribution is 2.21. The van der Waals surface area contributed by atoms with E-state index >= 15 is 0 Å². The van der Waals surface area contributed by atoms with Gasteiger partial charge in [-0.3, -0.25) is 4.90 Å². The molecule has 2 saturated heterocycles. The maximum Gasteiger partial charge on any atom is 0.0442 e. The minimum absolute atomic E-state index is 0.595. The number of hydrogen-bond acceptors (Lipinski definition) is 3. The van der Waals surface area contributed by atoms with Crippen LogP contribution in [0.1, 0.15) is 25.7 Å². The zero-order chi connectivity index (χ0) is 14.3. The van der Waals surface area contributed by atoms with Crippen LogP contribution in [-0.4, -0.2) is 61.7 Å². The minimum Gasteiger partial charge on any atom is -0.314 e. The first-order chi connectivity index (χ1) is 10.4. The van der Waals surface area contributed by atoms with Crippen molar-refractivity contribution in [2.45, 2.75) is 31.7 Å². The standard InChI is InChI=1S/C18H29N3/c1-2-5-9-17(8-4-1)18(21-14-10-19-11-15-21)16-20-12-6-3-7-13-20/h1-2,4-5,8,18-19H,3,6-7,9-16H2. The molecule has 0 aromatic heterocycles. The van der Waals surface area contributed by atoms with E-state index in [1.54, 1.807) is 5.57 Å². The highest BCUT2D eigenvalue weighted by Gasteiger charge is 2.26. The second kappa shape index (κ2) is 7.92. The summed E-state index contributed by atoms with van der Waals surface area (Å²) in [6, 6.07) is 0.595. The van der Waals surface area contributed by atoms with E-state index in [4.69, 9.17) is 0 Å². The summed E-state index contributed by atoms with van der Waals surface area (Å²) in [6.07, 6.45) is 16.5. The van der Waals surface area contributed by atoms with Gasteiger partial charge >= 0.3 is 0 Å². The Balaban J connectivity index is 1.71. The van der Waals surface area contributed by atoms with Crippen LogP contribution >= 0.6 is 0 Å². The predicted molar refractivity (Wildman–Crippen MR) is 89.5 cm³/mol. The molecule has 2 aliphatic heterocycles. The molecule has 0 spiro atoms. The predicted octanol–water partition coefficient (Wildman–Crippen LogP) is 2.19. The third kappa shape index (κ3) is 4.29. The van der Waals surface area contributed by atoms with Crippen LogP contribution in [0.5, 0.6) is 0 Å². The normalized spacial score (nSPS) is 26.4. The third-order valence-electron chi connectivity index (χ3n) is 4.92.